The molecule has 2 atom stereocenters. The van der Waals surface area contributed by atoms with Crippen molar-refractivity contribution in [3.05, 3.63) is 41.6 Å². The zero-order chi connectivity index (χ0) is 18.7. The van der Waals surface area contributed by atoms with Gasteiger partial charge in [0.1, 0.15) is 5.56 Å². The quantitative estimate of drug-likeness (QED) is 0.546. The van der Waals surface area contributed by atoms with Gasteiger partial charge in [-0.3, -0.25) is 14.3 Å². The van der Waals surface area contributed by atoms with Gasteiger partial charge in [0.15, 0.2) is 11.6 Å². The predicted octanol–water partition coefficient (Wildman–Crippen LogP) is 3.31. The summed E-state index contributed by atoms with van der Waals surface area (Å²) < 4.78 is 1.77. The number of nitrogens with one attached hydrogen (secondary N) is 2. The predicted molar refractivity (Wildman–Crippen MR) is 100 cm³/mol. The Labute approximate surface area is 152 Å². The first-order valence-corrected chi connectivity index (χ1v) is 8.77. The number of primary amides is 1. The molecule has 0 saturated heterocycles. The van der Waals surface area contributed by atoms with E-state index in [1.807, 2.05) is 0 Å². The molecule has 2 aromatic rings. The van der Waals surface area contributed by atoms with Crippen molar-refractivity contribution < 1.29 is 9.59 Å². The molecule has 1 amide bonds. The molecule has 7 nitrogen and oxygen atoms in total. The minimum Gasteiger partial charge on any atom is -0.365 e. The van der Waals surface area contributed by atoms with Gasteiger partial charge in [-0.1, -0.05) is 12.8 Å². The van der Waals surface area contributed by atoms with Crippen molar-refractivity contribution in [1.82, 2.24) is 9.78 Å². The van der Waals surface area contributed by atoms with Crippen molar-refractivity contribution in [2.75, 3.05) is 5.32 Å². The van der Waals surface area contributed by atoms with Gasteiger partial charge in [0.2, 0.25) is 0 Å². The number of amides is 1. The monoisotopic (exact) mass is 353 g/mol. The van der Waals surface area contributed by atoms with Crippen LogP contribution in [0, 0.1) is 11.3 Å². The zero-order valence-electron chi connectivity index (χ0n) is 14.7. The molecule has 1 saturated carbocycles. The fourth-order valence-electron chi connectivity index (χ4n) is 3.42. The van der Waals surface area contributed by atoms with Crippen molar-refractivity contribution in [3.8, 4) is 0 Å². The van der Waals surface area contributed by atoms with Crippen molar-refractivity contribution in [2.24, 2.45) is 11.7 Å². The Morgan fingerprint density at radius 1 is 1.27 bits per heavy atom. The Bertz CT molecular complexity index is 825. The standard InChI is InChI=1S/C19H23N5O2/c1-12(25)13-6-8-15(9-7-13)22-19-16(18(21)26)11-24(23-19)17-5-3-2-4-14(17)10-20/h6-11,14,17,20H,2-5H2,1H3,(H2,21,26)(H,22,23)/t14-,17-/m0/s1. The van der Waals surface area contributed by atoms with Gasteiger partial charge >= 0.3 is 0 Å². The van der Waals surface area contributed by atoms with Gasteiger partial charge in [0.05, 0.1) is 6.04 Å². The zero-order valence-corrected chi connectivity index (χ0v) is 14.7. The summed E-state index contributed by atoms with van der Waals surface area (Å²) in [5, 5.41) is 15.3. The van der Waals surface area contributed by atoms with Crippen LogP contribution in [0.4, 0.5) is 11.5 Å². The number of benzene rings is 1. The highest BCUT2D eigenvalue weighted by molar-refractivity contribution is 5.98. The van der Waals surface area contributed by atoms with Crippen LogP contribution >= 0.6 is 0 Å². The molecule has 1 aliphatic rings. The lowest BCUT2D eigenvalue weighted by molar-refractivity contribution is 0.0996. The minimum atomic E-state index is -0.554. The molecule has 1 heterocycles. The van der Waals surface area contributed by atoms with E-state index in [1.54, 1.807) is 35.1 Å². The lowest BCUT2D eigenvalue weighted by Crippen LogP contribution is -2.24. The first kappa shape index (κ1) is 17.8. The molecule has 0 bridgehead atoms. The van der Waals surface area contributed by atoms with Gasteiger partial charge in [-0.2, -0.15) is 5.10 Å². The average Bonchev–Trinajstić information content (AvgIpc) is 3.06. The van der Waals surface area contributed by atoms with Crippen LogP contribution in [-0.4, -0.2) is 27.7 Å². The number of ketones is 1. The van der Waals surface area contributed by atoms with Crippen LogP contribution in [0.1, 0.15) is 59.4 Å². The second kappa shape index (κ2) is 7.51. The molecule has 26 heavy (non-hydrogen) atoms. The van der Waals surface area contributed by atoms with Crippen molar-refractivity contribution in [1.29, 1.82) is 5.41 Å². The van der Waals surface area contributed by atoms with E-state index in [1.165, 1.54) is 13.1 Å². The molecule has 1 aliphatic carbocycles. The maximum Gasteiger partial charge on any atom is 0.254 e. The van der Waals surface area contributed by atoms with E-state index in [-0.39, 0.29) is 17.7 Å². The van der Waals surface area contributed by atoms with E-state index in [0.717, 1.165) is 31.4 Å². The number of nitrogens with zero attached hydrogens (tertiary/aromatic N) is 2. The minimum absolute atomic E-state index is 0.00589. The molecule has 1 fully saturated rings. The van der Waals surface area contributed by atoms with E-state index in [2.05, 4.69) is 10.4 Å². The largest absolute Gasteiger partial charge is 0.365 e. The van der Waals surface area contributed by atoms with Crippen molar-refractivity contribution in [3.63, 3.8) is 0 Å². The molecule has 3 rings (SSSR count). The molecule has 0 aliphatic heterocycles. The van der Waals surface area contributed by atoms with Crippen LogP contribution in [0.25, 0.3) is 0 Å². The van der Waals surface area contributed by atoms with Crippen molar-refractivity contribution in [2.45, 2.75) is 38.6 Å². The van der Waals surface area contributed by atoms with Crippen molar-refractivity contribution >= 4 is 29.4 Å². The summed E-state index contributed by atoms with van der Waals surface area (Å²) in [6.45, 7) is 1.51. The lowest BCUT2D eigenvalue weighted by atomic mass is 9.85. The third-order valence-corrected chi connectivity index (χ3v) is 4.89. The number of aromatic nitrogens is 2. The highest BCUT2D eigenvalue weighted by Gasteiger charge is 2.27. The fourth-order valence-corrected chi connectivity index (χ4v) is 3.42. The summed E-state index contributed by atoms with van der Waals surface area (Å²) in [4.78, 5) is 23.2. The van der Waals surface area contributed by atoms with Crippen LogP contribution in [0.3, 0.4) is 0 Å². The Morgan fingerprint density at radius 3 is 2.58 bits per heavy atom. The Kier molecular flexibility index (Phi) is 5.16. The van der Waals surface area contributed by atoms with E-state index in [9.17, 15) is 9.59 Å². The van der Waals surface area contributed by atoms with Crippen LogP contribution in [0.15, 0.2) is 30.5 Å². The molecule has 1 aromatic heterocycles. The molecule has 136 valence electrons. The first-order chi connectivity index (χ1) is 12.5. The highest BCUT2D eigenvalue weighted by Crippen LogP contribution is 2.33. The lowest BCUT2D eigenvalue weighted by Gasteiger charge is -2.28. The topological polar surface area (TPSA) is 114 Å². The molecular weight excluding hydrogens is 330 g/mol. The summed E-state index contributed by atoms with van der Waals surface area (Å²) in [7, 11) is 0. The molecule has 0 spiro atoms. The Balaban J connectivity index is 1.88. The molecule has 4 N–H and O–H groups in total. The van der Waals surface area contributed by atoms with Gasteiger partial charge in [0, 0.05) is 29.6 Å². The molecular formula is C19H23N5O2. The SMILES string of the molecule is CC(=O)c1ccc(Nc2nn([C@H]3CCCC[C@H]3C=N)cc2C(N)=O)cc1. The summed E-state index contributed by atoms with van der Waals surface area (Å²) in [6, 6.07) is 7.04. The maximum absolute atomic E-state index is 11.8. The van der Waals surface area contributed by atoms with Gasteiger partial charge in [0.25, 0.3) is 5.91 Å². The van der Waals surface area contributed by atoms with E-state index in [4.69, 9.17) is 11.1 Å². The molecule has 0 radical (unpaired) electrons. The van der Waals surface area contributed by atoms with E-state index >= 15 is 0 Å². The number of Topliss-reactive ketones (excluding diaryl/α,β-unsaturated/α-hetero) is 1. The van der Waals surface area contributed by atoms with Gasteiger partial charge in [-0.05, 0) is 44.0 Å². The van der Waals surface area contributed by atoms with E-state index in [0.29, 0.717) is 16.9 Å². The number of rotatable bonds is 6. The van der Waals surface area contributed by atoms with Crippen LogP contribution < -0.4 is 11.1 Å². The smallest absolute Gasteiger partial charge is 0.254 e. The van der Waals surface area contributed by atoms with Gasteiger partial charge in [-0.25, -0.2) is 0 Å². The summed E-state index contributed by atoms with van der Waals surface area (Å²) >= 11 is 0. The average molecular weight is 353 g/mol. The molecule has 0 unspecified atom stereocenters. The van der Waals surface area contributed by atoms with Crippen LogP contribution in [0.2, 0.25) is 0 Å². The second-order valence-electron chi connectivity index (χ2n) is 6.68. The third kappa shape index (κ3) is 3.66. The van der Waals surface area contributed by atoms with Crippen LogP contribution in [0.5, 0.6) is 0 Å². The molecule has 1 aromatic carbocycles. The maximum atomic E-state index is 11.8. The fraction of sp³-hybridized carbons (Fsp3) is 0.368. The highest BCUT2D eigenvalue weighted by atomic mass is 16.1. The number of nitrogens with two attached hydrogens (primary N) is 1. The Morgan fingerprint density at radius 2 is 1.96 bits per heavy atom. The first-order valence-electron chi connectivity index (χ1n) is 8.77. The summed E-state index contributed by atoms with van der Waals surface area (Å²) in [5.41, 5.74) is 7.17. The Hall–Kier alpha value is -2.96. The number of carbonyl (C=O) groups is 2. The van der Waals surface area contributed by atoms with E-state index < -0.39 is 5.91 Å². The summed E-state index contributed by atoms with van der Waals surface area (Å²) in [5.74, 6) is -0.0515. The molecule has 7 heteroatoms. The number of hydrogen-bond acceptors (Lipinski definition) is 5. The normalized spacial score (nSPS) is 19.7. The number of anilines is 2. The number of hydrogen-bond donors (Lipinski definition) is 3. The third-order valence-electron chi connectivity index (χ3n) is 4.89. The van der Waals surface area contributed by atoms with Gasteiger partial charge in [-0.15, -0.1) is 0 Å². The second-order valence-corrected chi connectivity index (χ2v) is 6.68. The van der Waals surface area contributed by atoms with Gasteiger partial charge < -0.3 is 16.5 Å². The number of carbonyl (C=O) groups excluding carboxylic acids is 2. The summed E-state index contributed by atoms with van der Waals surface area (Å²) in [6.07, 6.45) is 7.20. The van der Waals surface area contributed by atoms with Crippen LogP contribution in [-0.2, 0) is 0 Å².